The van der Waals surface area contributed by atoms with Gasteiger partial charge in [0.25, 0.3) is 5.69 Å². The number of hydrogen-bond donors (Lipinski definition) is 1. The standard InChI is InChI=1S/C15H14ClFN2O2/c16-13-7-12(8-14(17)9-13)10-18-6-5-11-1-3-15(4-2-11)19(20)21/h1-4,7-9,18H,5-6,10H2. The molecule has 0 bridgehead atoms. The minimum Gasteiger partial charge on any atom is -0.312 e. The van der Waals surface area contributed by atoms with Crippen LogP contribution in [0, 0.1) is 15.9 Å². The van der Waals surface area contributed by atoms with E-state index in [2.05, 4.69) is 5.32 Å². The molecule has 0 heterocycles. The fourth-order valence-electron chi connectivity index (χ4n) is 1.96. The predicted molar refractivity (Wildman–Crippen MR) is 79.9 cm³/mol. The summed E-state index contributed by atoms with van der Waals surface area (Å²) >= 11 is 5.78. The third-order valence-corrected chi connectivity index (χ3v) is 3.21. The van der Waals surface area contributed by atoms with E-state index in [0.717, 1.165) is 17.5 Å². The van der Waals surface area contributed by atoms with Gasteiger partial charge in [0.2, 0.25) is 0 Å². The Morgan fingerprint density at radius 1 is 1.14 bits per heavy atom. The van der Waals surface area contributed by atoms with Crippen LogP contribution < -0.4 is 5.32 Å². The van der Waals surface area contributed by atoms with Crippen molar-refractivity contribution in [1.82, 2.24) is 5.32 Å². The molecule has 0 fully saturated rings. The highest BCUT2D eigenvalue weighted by Gasteiger charge is 2.04. The lowest BCUT2D eigenvalue weighted by atomic mass is 10.1. The Labute approximate surface area is 126 Å². The molecule has 0 unspecified atom stereocenters. The van der Waals surface area contributed by atoms with Crippen LogP contribution in [0.1, 0.15) is 11.1 Å². The number of non-ortho nitro benzene ring substituents is 1. The van der Waals surface area contributed by atoms with E-state index in [-0.39, 0.29) is 11.5 Å². The van der Waals surface area contributed by atoms with Crippen molar-refractivity contribution < 1.29 is 9.31 Å². The predicted octanol–water partition coefficient (Wildman–Crippen LogP) is 3.72. The average molecular weight is 309 g/mol. The van der Waals surface area contributed by atoms with Crippen molar-refractivity contribution in [2.45, 2.75) is 13.0 Å². The van der Waals surface area contributed by atoms with E-state index in [9.17, 15) is 14.5 Å². The molecule has 0 amide bonds. The van der Waals surface area contributed by atoms with Crippen LogP contribution in [0.5, 0.6) is 0 Å². The Morgan fingerprint density at radius 2 is 1.86 bits per heavy atom. The normalized spacial score (nSPS) is 10.6. The third-order valence-electron chi connectivity index (χ3n) is 2.99. The Balaban J connectivity index is 1.80. The van der Waals surface area contributed by atoms with Crippen molar-refractivity contribution in [2.75, 3.05) is 6.54 Å². The van der Waals surface area contributed by atoms with Crippen molar-refractivity contribution in [3.63, 3.8) is 0 Å². The Bertz CT molecular complexity index is 612. The lowest BCUT2D eigenvalue weighted by Crippen LogP contribution is -2.16. The van der Waals surface area contributed by atoms with Gasteiger partial charge in [0.05, 0.1) is 4.92 Å². The van der Waals surface area contributed by atoms with E-state index in [4.69, 9.17) is 11.6 Å². The minimum absolute atomic E-state index is 0.0844. The quantitative estimate of drug-likeness (QED) is 0.503. The fourth-order valence-corrected chi connectivity index (χ4v) is 2.21. The lowest BCUT2D eigenvalue weighted by Gasteiger charge is -2.06. The molecule has 0 saturated carbocycles. The summed E-state index contributed by atoms with van der Waals surface area (Å²) in [5.74, 6) is -0.352. The van der Waals surface area contributed by atoms with Gasteiger partial charge in [-0.05, 0) is 42.3 Å². The highest BCUT2D eigenvalue weighted by Crippen LogP contribution is 2.14. The molecule has 0 spiro atoms. The van der Waals surface area contributed by atoms with E-state index >= 15 is 0 Å². The van der Waals surface area contributed by atoms with Gasteiger partial charge in [0, 0.05) is 23.7 Å². The van der Waals surface area contributed by atoms with Crippen LogP contribution in [0.25, 0.3) is 0 Å². The summed E-state index contributed by atoms with van der Waals surface area (Å²) in [5.41, 5.74) is 1.87. The van der Waals surface area contributed by atoms with Gasteiger partial charge >= 0.3 is 0 Å². The smallest absolute Gasteiger partial charge is 0.269 e. The Hall–Kier alpha value is -1.98. The van der Waals surface area contributed by atoms with Gasteiger partial charge in [0.1, 0.15) is 5.82 Å². The van der Waals surface area contributed by atoms with E-state index in [1.807, 2.05) is 0 Å². The molecule has 110 valence electrons. The maximum Gasteiger partial charge on any atom is 0.269 e. The third kappa shape index (κ3) is 4.81. The monoisotopic (exact) mass is 308 g/mol. The first kappa shape index (κ1) is 15.4. The topological polar surface area (TPSA) is 55.2 Å². The van der Waals surface area contributed by atoms with Gasteiger partial charge < -0.3 is 5.32 Å². The Morgan fingerprint density at radius 3 is 2.48 bits per heavy atom. The summed E-state index contributed by atoms with van der Waals surface area (Å²) in [6.45, 7) is 1.20. The van der Waals surface area contributed by atoms with Crippen LogP contribution >= 0.6 is 11.6 Å². The summed E-state index contributed by atoms with van der Waals surface area (Å²) in [7, 11) is 0. The van der Waals surface area contributed by atoms with Crippen LogP contribution in [-0.4, -0.2) is 11.5 Å². The highest BCUT2D eigenvalue weighted by molar-refractivity contribution is 6.30. The molecular weight excluding hydrogens is 295 g/mol. The maximum atomic E-state index is 13.1. The van der Waals surface area contributed by atoms with Gasteiger partial charge in [-0.3, -0.25) is 10.1 Å². The Kier molecular flexibility index (Phi) is 5.25. The average Bonchev–Trinajstić information content (AvgIpc) is 2.43. The van der Waals surface area contributed by atoms with E-state index in [0.29, 0.717) is 18.1 Å². The molecule has 0 atom stereocenters. The number of nitro groups is 1. The van der Waals surface area contributed by atoms with E-state index in [1.165, 1.54) is 24.3 Å². The maximum absolute atomic E-state index is 13.1. The molecule has 0 saturated heterocycles. The molecule has 0 aliphatic rings. The first-order valence-electron chi connectivity index (χ1n) is 6.43. The van der Waals surface area contributed by atoms with Gasteiger partial charge in [-0.1, -0.05) is 23.7 Å². The van der Waals surface area contributed by atoms with Crippen LogP contribution in [0.4, 0.5) is 10.1 Å². The van der Waals surface area contributed by atoms with Gasteiger partial charge in [-0.25, -0.2) is 4.39 Å². The second-order valence-corrected chi connectivity index (χ2v) is 5.06. The van der Waals surface area contributed by atoms with Crippen molar-refractivity contribution in [3.8, 4) is 0 Å². The van der Waals surface area contributed by atoms with Crippen molar-refractivity contribution in [1.29, 1.82) is 0 Å². The van der Waals surface area contributed by atoms with Crippen molar-refractivity contribution in [2.24, 2.45) is 0 Å². The number of nitro benzene ring substituents is 1. The largest absolute Gasteiger partial charge is 0.312 e. The zero-order chi connectivity index (χ0) is 15.2. The number of halogens is 2. The number of nitrogens with zero attached hydrogens (tertiary/aromatic N) is 1. The second-order valence-electron chi connectivity index (χ2n) is 4.63. The molecule has 2 rings (SSSR count). The van der Waals surface area contributed by atoms with Gasteiger partial charge in [-0.2, -0.15) is 0 Å². The number of benzene rings is 2. The zero-order valence-corrected chi connectivity index (χ0v) is 11.9. The highest BCUT2D eigenvalue weighted by atomic mass is 35.5. The van der Waals surface area contributed by atoms with Crippen molar-refractivity contribution in [3.05, 3.63) is 74.5 Å². The SMILES string of the molecule is O=[N+]([O-])c1ccc(CCNCc2cc(F)cc(Cl)c2)cc1. The summed E-state index contributed by atoms with van der Waals surface area (Å²) < 4.78 is 13.1. The molecule has 21 heavy (non-hydrogen) atoms. The fraction of sp³-hybridized carbons (Fsp3) is 0.200. The summed E-state index contributed by atoms with van der Waals surface area (Å²) in [6.07, 6.45) is 0.737. The molecule has 4 nitrogen and oxygen atoms in total. The summed E-state index contributed by atoms with van der Waals surface area (Å²) in [6, 6.07) is 10.9. The second kappa shape index (κ2) is 7.15. The molecule has 0 aromatic heterocycles. The first-order valence-corrected chi connectivity index (χ1v) is 6.81. The minimum atomic E-state index is -0.421. The molecule has 0 radical (unpaired) electrons. The molecule has 2 aromatic rings. The first-order chi connectivity index (χ1) is 10.0. The molecule has 0 aliphatic carbocycles. The van der Waals surface area contributed by atoms with Crippen LogP contribution in [0.15, 0.2) is 42.5 Å². The number of hydrogen-bond acceptors (Lipinski definition) is 3. The summed E-state index contributed by atoms with van der Waals surface area (Å²) in [4.78, 5) is 10.1. The molecule has 1 N–H and O–H groups in total. The van der Waals surface area contributed by atoms with Crippen molar-refractivity contribution >= 4 is 17.3 Å². The molecular formula is C15H14ClFN2O2. The number of rotatable bonds is 6. The van der Waals surface area contributed by atoms with Gasteiger partial charge in [-0.15, -0.1) is 0 Å². The molecule has 2 aromatic carbocycles. The van der Waals surface area contributed by atoms with Crippen LogP contribution in [-0.2, 0) is 13.0 Å². The van der Waals surface area contributed by atoms with Crippen LogP contribution in [0.2, 0.25) is 5.02 Å². The zero-order valence-electron chi connectivity index (χ0n) is 11.2. The lowest BCUT2D eigenvalue weighted by molar-refractivity contribution is -0.384. The molecule has 6 heteroatoms. The van der Waals surface area contributed by atoms with E-state index < -0.39 is 4.92 Å². The number of nitrogens with one attached hydrogen (secondary N) is 1. The van der Waals surface area contributed by atoms with E-state index in [1.54, 1.807) is 18.2 Å². The molecule has 0 aliphatic heterocycles. The van der Waals surface area contributed by atoms with Crippen LogP contribution in [0.3, 0.4) is 0 Å². The summed E-state index contributed by atoms with van der Waals surface area (Å²) in [5, 5.41) is 14.1. The van der Waals surface area contributed by atoms with Gasteiger partial charge in [0.15, 0.2) is 0 Å².